The van der Waals surface area contributed by atoms with Gasteiger partial charge in [-0.05, 0) is 53.9 Å². The Bertz CT molecular complexity index is 1150. The number of hydrogen-bond donors (Lipinski definition) is 1. The van der Waals surface area contributed by atoms with Gasteiger partial charge in [-0.25, -0.2) is 12.8 Å². The number of benzene rings is 2. The Morgan fingerprint density at radius 1 is 1.09 bits per heavy atom. The second-order valence-corrected chi connectivity index (χ2v) is 11.6. The van der Waals surface area contributed by atoms with Gasteiger partial charge in [0.15, 0.2) is 0 Å². The van der Waals surface area contributed by atoms with Gasteiger partial charge in [0.25, 0.3) is 0 Å². The molecule has 1 N–H and O–H groups in total. The first kappa shape index (κ1) is 27.1. The zero-order chi connectivity index (χ0) is 25.6. The van der Waals surface area contributed by atoms with Crippen molar-refractivity contribution in [2.24, 2.45) is 0 Å². The minimum absolute atomic E-state index is 0.0388. The van der Waals surface area contributed by atoms with Crippen molar-refractivity contribution in [1.29, 1.82) is 0 Å². The molecule has 2 aromatic carbocycles. The minimum atomic E-state index is -3.84. The Morgan fingerprint density at radius 3 is 2.34 bits per heavy atom. The van der Waals surface area contributed by atoms with Crippen LogP contribution in [0, 0.1) is 5.82 Å². The summed E-state index contributed by atoms with van der Waals surface area (Å²) in [5.74, 6) is -1.45. The monoisotopic (exact) mass is 567 g/mol. The molecule has 0 spiro atoms. The number of rotatable bonds is 9. The molecule has 0 bridgehead atoms. The number of halogens is 2. The van der Waals surface area contributed by atoms with Crippen molar-refractivity contribution in [2.75, 3.05) is 17.1 Å². The zero-order valence-electron chi connectivity index (χ0n) is 19.9. The summed E-state index contributed by atoms with van der Waals surface area (Å²) < 4.78 is 41.2. The molecule has 35 heavy (non-hydrogen) atoms. The standard InChI is InChI=1S/C25H31BrFN3O4S/c1-18(25(32)28-20-11-4-3-5-12-20)29(16-19-10-6-8-14-22(19)27)24(31)17-30(35(2,33)34)23-15-9-7-13-21(23)26/h6-10,13-15,18,20H,3-5,11-12,16-17H2,1-2H3,(H,28,32). The van der Waals surface area contributed by atoms with E-state index in [9.17, 15) is 22.4 Å². The van der Waals surface area contributed by atoms with Crippen LogP contribution in [0.1, 0.15) is 44.6 Å². The Kier molecular flexibility index (Phi) is 9.29. The number of nitrogens with zero attached hydrogens (tertiary/aromatic N) is 2. The molecule has 7 nitrogen and oxygen atoms in total. The number of anilines is 1. The van der Waals surface area contributed by atoms with Gasteiger partial charge in [0.2, 0.25) is 21.8 Å². The number of para-hydroxylation sites is 1. The summed E-state index contributed by atoms with van der Waals surface area (Å²) in [5.41, 5.74) is 0.540. The lowest BCUT2D eigenvalue weighted by atomic mass is 9.95. The van der Waals surface area contributed by atoms with Gasteiger partial charge in [0, 0.05) is 22.6 Å². The van der Waals surface area contributed by atoms with E-state index in [-0.39, 0.29) is 24.1 Å². The second kappa shape index (κ2) is 12.0. The van der Waals surface area contributed by atoms with E-state index in [1.165, 1.54) is 11.0 Å². The zero-order valence-corrected chi connectivity index (χ0v) is 22.3. The average molecular weight is 569 g/mol. The SMILES string of the molecule is CC(C(=O)NC1CCCCC1)N(Cc1ccccc1F)C(=O)CN(c1ccccc1Br)S(C)(=O)=O. The summed E-state index contributed by atoms with van der Waals surface area (Å²) in [4.78, 5) is 27.9. The lowest BCUT2D eigenvalue weighted by Gasteiger charge is -2.33. The molecule has 0 heterocycles. The van der Waals surface area contributed by atoms with E-state index in [1.807, 2.05) is 0 Å². The summed E-state index contributed by atoms with van der Waals surface area (Å²) in [6, 6.07) is 11.8. The first-order valence-electron chi connectivity index (χ1n) is 11.6. The summed E-state index contributed by atoms with van der Waals surface area (Å²) in [7, 11) is -3.84. The third-order valence-corrected chi connectivity index (χ3v) is 8.01. The van der Waals surface area contributed by atoms with E-state index < -0.39 is 34.3 Å². The van der Waals surface area contributed by atoms with Gasteiger partial charge in [-0.1, -0.05) is 49.6 Å². The van der Waals surface area contributed by atoms with Crippen molar-refractivity contribution in [2.45, 2.75) is 57.7 Å². The fourth-order valence-electron chi connectivity index (χ4n) is 4.21. The molecular formula is C25H31BrFN3O4S. The molecule has 2 aromatic rings. The Hall–Kier alpha value is -2.46. The lowest BCUT2D eigenvalue weighted by molar-refractivity contribution is -0.139. The van der Waals surface area contributed by atoms with E-state index in [0.29, 0.717) is 10.2 Å². The molecule has 10 heteroatoms. The number of carbonyl (C=O) groups is 2. The van der Waals surface area contributed by atoms with Gasteiger partial charge in [-0.15, -0.1) is 0 Å². The van der Waals surface area contributed by atoms with Crippen LogP contribution < -0.4 is 9.62 Å². The van der Waals surface area contributed by atoms with E-state index in [0.717, 1.165) is 42.7 Å². The summed E-state index contributed by atoms with van der Waals surface area (Å²) >= 11 is 3.34. The largest absolute Gasteiger partial charge is 0.352 e. The summed E-state index contributed by atoms with van der Waals surface area (Å²) in [5, 5.41) is 3.01. The van der Waals surface area contributed by atoms with Crippen molar-refractivity contribution in [3.63, 3.8) is 0 Å². The first-order valence-corrected chi connectivity index (χ1v) is 14.3. The number of carbonyl (C=O) groups excluding carboxylic acids is 2. The van der Waals surface area contributed by atoms with Gasteiger partial charge < -0.3 is 10.2 Å². The fraction of sp³-hybridized carbons (Fsp3) is 0.440. The molecule has 1 aliphatic rings. The molecular weight excluding hydrogens is 537 g/mol. The summed E-state index contributed by atoms with van der Waals surface area (Å²) in [6.45, 7) is 0.884. The first-order chi connectivity index (χ1) is 16.6. The molecule has 0 aliphatic heterocycles. The van der Waals surface area contributed by atoms with Crippen LogP contribution in [0.2, 0.25) is 0 Å². The quantitative estimate of drug-likeness (QED) is 0.491. The number of hydrogen-bond acceptors (Lipinski definition) is 4. The molecule has 190 valence electrons. The topological polar surface area (TPSA) is 86.8 Å². The lowest BCUT2D eigenvalue weighted by Crippen LogP contribution is -2.53. The van der Waals surface area contributed by atoms with Crippen LogP contribution in [0.4, 0.5) is 10.1 Å². The molecule has 3 rings (SSSR count). The highest BCUT2D eigenvalue weighted by Gasteiger charge is 2.32. The molecule has 1 fully saturated rings. The highest BCUT2D eigenvalue weighted by molar-refractivity contribution is 9.10. The normalized spacial score (nSPS) is 15.3. The van der Waals surface area contributed by atoms with Crippen molar-refractivity contribution < 1.29 is 22.4 Å². The highest BCUT2D eigenvalue weighted by atomic mass is 79.9. The van der Waals surface area contributed by atoms with E-state index in [2.05, 4.69) is 21.2 Å². The van der Waals surface area contributed by atoms with Gasteiger partial charge in [-0.3, -0.25) is 13.9 Å². The van der Waals surface area contributed by atoms with Crippen LogP contribution in [0.5, 0.6) is 0 Å². The number of amides is 2. The van der Waals surface area contributed by atoms with E-state index in [4.69, 9.17) is 0 Å². The smallest absolute Gasteiger partial charge is 0.244 e. The predicted octanol–water partition coefficient (Wildman–Crippen LogP) is 4.22. The third kappa shape index (κ3) is 7.27. The van der Waals surface area contributed by atoms with Gasteiger partial charge in [-0.2, -0.15) is 0 Å². The Labute approximate surface area is 214 Å². The molecule has 1 unspecified atom stereocenters. The van der Waals surface area contributed by atoms with Crippen molar-refractivity contribution in [3.8, 4) is 0 Å². The fourth-order valence-corrected chi connectivity index (χ4v) is 5.69. The van der Waals surface area contributed by atoms with Crippen LogP contribution in [0.3, 0.4) is 0 Å². The van der Waals surface area contributed by atoms with Crippen molar-refractivity contribution in [3.05, 3.63) is 64.4 Å². The molecule has 2 amide bonds. The number of sulfonamides is 1. The van der Waals surface area contributed by atoms with Crippen LogP contribution in [-0.2, 0) is 26.2 Å². The molecule has 0 saturated heterocycles. The van der Waals surface area contributed by atoms with E-state index >= 15 is 0 Å². The Morgan fingerprint density at radius 2 is 1.71 bits per heavy atom. The Balaban J connectivity index is 1.89. The van der Waals surface area contributed by atoms with Crippen molar-refractivity contribution >= 4 is 43.5 Å². The second-order valence-electron chi connectivity index (χ2n) is 8.85. The molecule has 1 atom stereocenters. The minimum Gasteiger partial charge on any atom is -0.352 e. The maximum atomic E-state index is 14.5. The van der Waals surface area contributed by atoms with Crippen molar-refractivity contribution in [1.82, 2.24) is 10.2 Å². The molecule has 0 aromatic heterocycles. The summed E-state index contributed by atoms with van der Waals surface area (Å²) in [6.07, 6.45) is 5.97. The van der Waals surface area contributed by atoms with Crippen LogP contribution in [0.15, 0.2) is 53.0 Å². The van der Waals surface area contributed by atoms with Crippen LogP contribution in [-0.4, -0.2) is 50.0 Å². The number of nitrogens with one attached hydrogen (secondary N) is 1. The van der Waals surface area contributed by atoms with E-state index in [1.54, 1.807) is 49.4 Å². The van der Waals surface area contributed by atoms with Crippen LogP contribution in [0.25, 0.3) is 0 Å². The van der Waals surface area contributed by atoms with Gasteiger partial charge >= 0.3 is 0 Å². The molecule has 0 radical (unpaired) electrons. The highest BCUT2D eigenvalue weighted by Crippen LogP contribution is 2.28. The third-order valence-electron chi connectivity index (χ3n) is 6.22. The maximum Gasteiger partial charge on any atom is 0.244 e. The predicted molar refractivity (Wildman–Crippen MR) is 138 cm³/mol. The van der Waals surface area contributed by atoms with Crippen LogP contribution >= 0.6 is 15.9 Å². The van der Waals surface area contributed by atoms with Gasteiger partial charge in [0.1, 0.15) is 18.4 Å². The average Bonchev–Trinajstić information content (AvgIpc) is 2.82. The maximum absolute atomic E-state index is 14.5. The molecule has 1 saturated carbocycles. The molecule has 1 aliphatic carbocycles. The van der Waals surface area contributed by atoms with Gasteiger partial charge in [0.05, 0.1) is 11.9 Å².